The maximum absolute atomic E-state index is 10.3. The smallest absolute Gasteiger partial charge is 0.226 e. The molecule has 0 aliphatic heterocycles. The van der Waals surface area contributed by atoms with Crippen molar-refractivity contribution in [3.8, 4) is 5.75 Å². The number of phenolic OH excluding ortho intramolecular Hbond substituents is 1. The van der Waals surface area contributed by atoms with Crippen LogP contribution in [0.3, 0.4) is 0 Å². The van der Waals surface area contributed by atoms with Crippen LogP contribution < -0.4 is 10.6 Å². The number of hydrogen-bond donors (Lipinski definition) is 4. The number of hydrogen-bond acceptors (Lipinski definition) is 7. The summed E-state index contributed by atoms with van der Waals surface area (Å²) in [5.74, 6) is 1.30. The number of aromatic nitrogens is 4. The number of aliphatic hydroxyl groups excluding tert-OH is 1. The van der Waals surface area contributed by atoms with Gasteiger partial charge in [0.2, 0.25) is 5.95 Å². The minimum Gasteiger partial charge on any atom is -0.507 e. The molecule has 3 aromatic rings. The van der Waals surface area contributed by atoms with Crippen molar-refractivity contribution >= 4 is 22.9 Å². The summed E-state index contributed by atoms with van der Waals surface area (Å²) in [6, 6.07) is 5.97. The number of phenols is 1. The molecule has 0 aliphatic carbocycles. The van der Waals surface area contributed by atoms with Gasteiger partial charge in [-0.05, 0) is 32.3 Å². The Kier molecular flexibility index (Phi) is 6.53. The van der Waals surface area contributed by atoms with Crippen molar-refractivity contribution in [2.75, 3.05) is 17.2 Å². The van der Waals surface area contributed by atoms with Gasteiger partial charge in [-0.1, -0.05) is 32.0 Å². The molecule has 0 aliphatic rings. The number of fused-ring (bicyclic) bond motifs is 1. The number of para-hydroxylation sites is 1. The summed E-state index contributed by atoms with van der Waals surface area (Å²) in [5.41, 5.74) is 3.05. The number of aliphatic hydroxyl groups is 1. The van der Waals surface area contributed by atoms with Gasteiger partial charge < -0.3 is 25.4 Å². The second kappa shape index (κ2) is 9.09. The SMILES string of the molecule is CCC(CC)n1cnc2c(NCc3cccc(C)c3O)nc(NCC(C)O)nc21. The first-order chi connectivity index (χ1) is 13.9. The first kappa shape index (κ1) is 20.9. The highest BCUT2D eigenvalue weighted by Gasteiger charge is 2.17. The molecule has 8 heteroatoms. The normalized spacial score (nSPS) is 12.5. The summed E-state index contributed by atoms with van der Waals surface area (Å²) in [4.78, 5) is 13.8. The van der Waals surface area contributed by atoms with Crippen LogP contribution in [0.25, 0.3) is 11.2 Å². The lowest BCUT2D eigenvalue weighted by Crippen LogP contribution is -2.18. The van der Waals surface area contributed by atoms with Crippen LogP contribution in [0.5, 0.6) is 5.75 Å². The monoisotopic (exact) mass is 398 g/mol. The Labute approximate surface area is 171 Å². The highest BCUT2D eigenvalue weighted by molar-refractivity contribution is 5.84. The minimum atomic E-state index is -0.515. The molecule has 4 N–H and O–H groups in total. The van der Waals surface area contributed by atoms with Crippen LogP contribution in [-0.2, 0) is 6.54 Å². The van der Waals surface area contributed by atoms with Gasteiger partial charge in [0, 0.05) is 24.7 Å². The van der Waals surface area contributed by atoms with Crippen molar-refractivity contribution < 1.29 is 10.2 Å². The Morgan fingerprint density at radius 3 is 2.59 bits per heavy atom. The molecule has 1 unspecified atom stereocenters. The molecule has 29 heavy (non-hydrogen) atoms. The van der Waals surface area contributed by atoms with Gasteiger partial charge in [-0.15, -0.1) is 0 Å². The number of aryl methyl sites for hydroxylation is 1. The molecule has 0 saturated heterocycles. The molecule has 2 heterocycles. The quantitative estimate of drug-likeness (QED) is 0.436. The van der Waals surface area contributed by atoms with Crippen LogP contribution in [0, 0.1) is 6.92 Å². The third-order valence-electron chi connectivity index (χ3n) is 5.08. The highest BCUT2D eigenvalue weighted by atomic mass is 16.3. The standard InChI is InChI=1S/C21H30N6O2/c1-5-16(6-2)27-12-24-17-19(22-11-15-9-7-8-13(3)18(15)29)25-21(26-20(17)27)23-10-14(4)28/h7-9,12,14,16,28-29H,5-6,10-11H2,1-4H3,(H2,22,23,25,26). The Morgan fingerprint density at radius 1 is 1.14 bits per heavy atom. The molecule has 0 fully saturated rings. The van der Waals surface area contributed by atoms with E-state index in [0.717, 1.165) is 29.6 Å². The lowest BCUT2D eigenvalue weighted by Gasteiger charge is -2.16. The van der Waals surface area contributed by atoms with Gasteiger partial charge in [0.15, 0.2) is 17.0 Å². The molecule has 0 spiro atoms. The molecule has 8 nitrogen and oxygen atoms in total. The van der Waals surface area contributed by atoms with E-state index in [0.29, 0.717) is 36.4 Å². The average Bonchev–Trinajstić information content (AvgIpc) is 3.12. The molecule has 3 rings (SSSR count). The molecule has 0 radical (unpaired) electrons. The summed E-state index contributed by atoms with van der Waals surface area (Å²) < 4.78 is 2.08. The molecule has 1 aromatic carbocycles. The largest absolute Gasteiger partial charge is 0.507 e. The number of aromatic hydroxyl groups is 1. The molecule has 2 aromatic heterocycles. The average molecular weight is 399 g/mol. The number of imidazole rings is 1. The first-order valence-electron chi connectivity index (χ1n) is 10.1. The summed E-state index contributed by atoms with van der Waals surface area (Å²) >= 11 is 0. The van der Waals surface area contributed by atoms with Gasteiger partial charge in [-0.2, -0.15) is 9.97 Å². The molecule has 156 valence electrons. The van der Waals surface area contributed by atoms with Gasteiger partial charge in [0.05, 0.1) is 12.4 Å². The van der Waals surface area contributed by atoms with Crippen LogP contribution in [0.2, 0.25) is 0 Å². The Bertz CT molecular complexity index is 965. The zero-order chi connectivity index (χ0) is 21.0. The molecular weight excluding hydrogens is 368 g/mol. The van der Waals surface area contributed by atoms with Crippen molar-refractivity contribution in [2.24, 2.45) is 0 Å². The lowest BCUT2D eigenvalue weighted by atomic mass is 10.1. The number of anilines is 2. The third-order valence-corrected chi connectivity index (χ3v) is 5.08. The summed E-state index contributed by atoms with van der Waals surface area (Å²) in [7, 11) is 0. The van der Waals surface area contributed by atoms with E-state index >= 15 is 0 Å². The highest BCUT2D eigenvalue weighted by Crippen LogP contribution is 2.28. The van der Waals surface area contributed by atoms with E-state index in [4.69, 9.17) is 0 Å². The van der Waals surface area contributed by atoms with Crippen molar-refractivity contribution in [3.05, 3.63) is 35.7 Å². The van der Waals surface area contributed by atoms with Gasteiger partial charge in [0.1, 0.15) is 5.75 Å². The van der Waals surface area contributed by atoms with Crippen LogP contribution in [0.1, 0.15) is 50.8 Å². The summed E-state index contributed by atoms with van der Waals surface area (Å²) in [5, 5.41) is 26.3. The molecule has 0 saturated carbocycles. The van der Waals surface area contributed by atoms with Gasteiger partial charge in [0.25, 0.3) is 0 Å². The predicted molar refractivity (Wildman–Crippen MR) is 115 cm³/mol. The van der Waals surface area contributed by atoms with Crippen molar-refractivity contribution in [1.29, 1.82) is 0 Å². The van der Waals surface area contributed by atoms with E-state index in [1.807, 2.05) is 31.5 Å². The minimum absolute atomic E-state index is 0.278. The van der Waals surface area contributed by atoms with Gasteiger partial charge >= 0.3 is 0 Å². The van der Waals surface area contributed by atoms with Crippen molar-refractivity contribution in [3.63, 3.8) is 0 Å². The maximum Gasteiger partial charge on any atom is 0.226 e. The number of nitrogens with zero attached hydrogens (tertiary/aromatic N) is 4. The fourth-order valence-electron chi connectivity index (χ4n) is 3.35. The first-order valence-corrected chi connectivity index (χ1v) is 10.1. The molecule has 0 bridgehead atoms. The van der Waals surface area contributed by atoms with Gasteiger partial charge in [-0.3, -0.25) is 0 Å². The third kappa shape index (κ3) is 4.59. The zero-order valence-corrected chi connectivity index (χ0v) is 17.5. The van der Waals surface area contributed by atoms with Crippen LogP contribution >= 0.6 is 0 Å². The zero-order valence-electron chi connectivity index (χ0n) is 17.5. The topological polar surface area (TPSA) is 108 Å². The van der Waals surface area contributed by atoms with Crippen molar-refractivity contribution in [1.82, 2.24) is 19.5 Å². The fourth-order valence-corrected chi connectivity index (χ4v) is 3.35. The van der Waals surface area contributed by atoms with E-state index in [9.17, 15) is 10.2 Å². The van der Waals surface area contributed by atoms with E-state index in [1.165, 1.54) is 0 Å². The van der Waals surface area contributed by atoms with E-state index in [-0.39, 0.29) is 5.75 Å². The van der Waals surface area contributed by atoms with E-state index < -0.39 is 6.10 Å². The second-order valence-electron chi connectivity index (χ2n) is 7.36. The number of nitrogens with one attached hydrogen (secondary N) is 2. The summed E-state index contributed by atoms with van der Waals surface area (Å²) in [6.07, 6.45) is 3.24. The Balaban J connectivity index is 1.98. The number of rotatable bonds is 9. The van der Waals surface area contributed by atoms with Crippen molar-refractivity contribution in [2.45, 2.75) is 59.2 Å². The summed E-state index contributed by atoms with van der Waals surface area (Å²) in [6.45, 7) is 8.63. The predicted octanol–water partition coefficient (Wildman–Crippen LogP) is 3.61. The fraction of sp³-hybridized carbons (Fsp3) is 0.476. The van der Waals surface area contributed by atoms with Crippen LogP contribution in [-0.4, -0.2) is 42.4 Å². The Morgan fingerprint density at radius 2 is 1.90 bits per heavy atom. The molecule has 1 atom stereocenters. The van der Waals surface area contributed by atoms with Crippen LogP contribution in [0.4, 0.5) is 11.8 Å². The number of benzene rings is 1. The maximum atomic E-state index is 10.3. The molecular formula is C21H30N6O2. The lowest BCUT2D eigenvalue weighted by molar-refractivity contribution is 0.208. The Hall–Kier alpha value is -2.87. The van der Waals surface area contributed by atoms with E-state index in [1.54, 1.807) is 6.92 Å². The van der Waals surface area contributed by atoms with Crippen LogP contribution in [0.15, 0.2) is 24.5 Å². The van der Waals surface area contributed by atoms with Gasteiger partial charge in [-0.25, -0.2) is 4.98 Å². The molecule has 0 amide bonds. The van der Waals surface area contributed by atoms with E-state index in [2.05, 4.69) is 44.0 Å². The second-order valence-corrected chi connectivity index (χ2v) is 7.36.